The highest BCUT2D eigenvalue weighted by atomic mass is 16.5. The molecular weight excluding hydrogens is 162 g/mol. The predicted octanol–water partition coefficient (Wildman–Crippen LogP) is 2.58. The molecule has 0 spiro atoms. The summed E-state index contributed by atoms with van der Waals surface area (Å²) in [4.78, 5) is 0. The van der Waals surface area contributed by atoms with Crippen molar-refractivity contribution in [2.45, 2.75) is 58.5 Å². The molecule has 0 amide bonds. The van der Waals surface area contributed by atoms with E-state index in [-0.39, 0.29) is 0 Å². The number of methoxy groups -OCH3 is 1. The Balaban J connectivity index is 3.53. The van der Waals surface area contributed by atoms with Gasteiger partial charge < -0.3 is 10.1 Å². The normalized spacial score (nSPS) is 15.7. The highest BCUT2D eigenvalue weighted by molar-refractivity contribution is 4.69. The molecule has 0 saturated heterocycles. The van der Waals surface area contributed by atoms with Crippen LogP contribution in [0.25, 0.3) is 0 Å². The van der Waals surface area contributed by atoms with Gasteiger partial charge in [0.05, 0.1) is 6.61 Å². The van der Waals surface area contributed by atoms with E-state index in [1.165, 1.54) is 19.3 Å². The van der Waals surface area contributed by atoms with Crippen LogP contribution in [0.1, 0.15) is 46.5 Å². The first-order valence-corrected chi connectivity index (χ1v) is 5.49. The lowest BCUT2D eigenvalue weighted by Gasteiger charge is -2.21. The molecule has 0 heterocycles. The Hall–Kier alpha value is -0.0800. The second kappa shape index (κ2) is 8.52. The highest BCUT2D eigenvalue weighted by Crippen LogP contribution is 2.02. The number of hydrogen-bond acceptors (Lipinski definition) is 2. The van der Waals surface area contributed by atoms with Crippen molar-refractivity contribution < 1.29 is 4.74 Å². The minimum absolute atomic E-state index is 0.525. The maximum Gasteiger partial charge on any atom is 0.0615 e. The Morgan fingerprint density at radius 3 is 2.46 bits per heavy atom. The molecule has 0 bridgehead atoms. The molecule has 0 aromatic rings. The topological polar surface area (TPSA) is 21.3 Å². The van der Waals surface area contributed by atoms with Gasteiger partial charge in [-0.25, -0.2) is 0 Å². The minimum Gasteiger partial charge on any atom is -0.383 e. The third-order valence-corrected chi connectivity index (χ3v) is 2.37. The van der Waals surface area contributed by atoms with Gasteiger partial charge >= 0.3 is 0 Å². The van der Waals surface area contributed by atoms with Crippen LogP contribution >= 0.6 is 0 Å². The summed E-state index contributed by atoms with van der Waals surface area (Å²) in [6.07, 6.45) is 5.02. The predicted molar refractivity (Wildman–Crippen MR) is 58.1 cm³/mol. The van der Waals surface area contributed by atoms with Crippen molar-refractivity contribution in [1.82, 2.24) is 5.32 Å². The van der Waals surface area contributed by atoms with E-state index in [0.29, 0.717) is 12.1 Å². The van der Waals surface area contributed by atoms with Crippen molar-refractivity contribution in [1.29, 1.82) is 0 Å². The molecule has 2 heteroatoms. The summed E-state index contributed by atoms with van der Waals surface area (Å²) in [6.45, 7) is 7.52. The Morgan fingerprint density at radius 1 is 1.31 bits per heavy atom. The number of unbranched alkanes of at least 4 members (excludes halogenated alkanes) is 1. The molecule has 0 aromatic heterocycles. The average Bonchev–Trinajstić information content (AvgIpc) is 2.14. The van der Waals surface area contributed by atoms with Crippen LogP contribution in [0.15, 0.2) is 0 Å². The molecule has 13 heavy (non-hydrogen) atoms. The van der Waals surface area contributed by atoms with Gasteiger partial charge in [0.1, 0.15) is 0 Å². The van der Waals surface area contributed by atoms with Gasteiger partial charge in [0.25, 0.3) is 0 Å². The van der Waals surface area contributed by atoms with Gasteiger partial charge in [-0.05, 0) is 19.8 Å². The third kappa shape index (κ3) is 7.03. The maximum atomic E-state index is 5.14. The van der Waals surface area contributed by atoms with E-state index < -0.39 is 0 Å². The highest BCUT2D eigenvalue weighted by Gasteiger charge is 2.08. The first-order chi connectivity index (χ1) is 6.24. The summed E-state index contributed by atoms with van der Waals surface area (Å²) < 4.78 is 5.14. The maximum absolute atomic E-state index is 5.14. The fourth-order valence-electron chi connectivity index (χ4n) is 1.48. The van der Waals surface area contributed by atoms with E-state index in [9.17, 15) is 0 Å². The lowest BCUT2D eigenvalue weighted by molar-refractivity contribution is 0.158. The number of hydrogen-bond donors (Lipinski definition) is 1. The smallest absolute Gasteiger partial charge is 0.0615 e. The fraction of sp³-hybridized carbons (Fsp3) is 1.00. The van der Waals surface area contributed by atoms with Crippen molar-refractivity contribution in [3.63, 3.8) is 0 Å². The van der Waals surface area contributed by atoms with Gasteiger partial charge in [0.2, 0.25) is 0 Å². The molecule has 0 aromatic carbocycles. The quantitative estimate of drug-likeness (QED) is 0.630. The fourth-order valence-corrected chi connectivity index (χ4v) is 1.48. The van der Waals surface area contributed by atoms with Crippen LogP contribution < -0.4 is 5.32 Å². The average molecular weight is 187 g/mol. The summed E-state index contributed by atoms with van der Waals surface area (Å²) >= 11 is 0. The molecular formula is C11H25NO. The van der Waals surface area contributed by atoms with E-state index >= 15 is 0 Å². The molecule has 0 fully saturated rings. The second-order valence-corrected chi connectivity index (χ2v) is 3.77. The summed E-state index contributed by atoms with van der Waals surface area (Å²) in [5.41, 5.74) is 0. The van der Waals surface area contributed by atoms with Crippen molar-refractivity contribution >= 4 is 0 Å². The lowest BCUT2D eigenvalue weighted by atomic mass is 10.1. The Morgan fingerprint density at radius 2 is 2.00 bits per heavy atom. The summed E-state index contributed by atoms with van der Waals surface area (Å²) in [7, 11) is 1.76. The van der Waals surface area contributed by atoms with Crippen LogP contribution in [0, 0.1) is 0 Å². The summed E-state index contributed by atoms with van der Waals surface area (Å²) in [6, 6.07) is 1.15. The molecule has 0 aliphatic heterocycles. The molecule has 0 saturated carbocycles. The third-order valence-electron chi connectivity index (χ3n) is 2.37. The van der Waals surface area contributed by atoms with Crippen molar-refractivity contribution in [2.75, 3.05) is 13.7 Å². The minimum atomic E-state index is 0.525. The number of nitrogens with one attached hydrogen (secondary N) is 1. The zero-order valence-corrected chi connectivity index (χ0v) is 9.60. The van der Waals surface area contributed by atoms with E-state index in [0.717, 1.165) is 13.0 Å². The molecule has 0 aliphatic rings. The van der Waals surface area contributed by atoms with Crippen molar-refractivity contribution in [2.24, 2.45) is 0 Å². The first kappa shape index (κ1) is 12.9. The van der Waals surface area contributed by atoms with Crippen LogP contribution in [0.2, 0.25) is 0 Å². The van der Waals surface area contributed by atoms with Crippen LogP contribution in [0.4, 0.5) is 0 Å². The monoisotopic (exact) mass is 187 g/mol. The van der Waals surface area contributed by atoms with Crippen molar-refractivity contribution in [3.8, 4) is 0 Å². The molecule has 0 aliphatic carbocycles. The Labute approximate surface area is 83.1 Å². The van der Waals surface area contributed by atoms with Gasteiger partial charge in [0.15, 0.2) is 0 Å². The summed E-state index contributed by atoms with van der Waals surface area (Å²) in [5.74, 6) is 0. The molecule has 1 N–H and O–H groups in total. The zero-order chi connectivity index (χ0) is 10.1. The Kier molecular flexibility index (Phi) is 8.46. The Bertz CT molecular complexity index is 106. The van der Waals surface area contributed by atoms with E-state index in [1.807, 2.05) is 0 Å². The van der Waals surface area contributed by atoms with E-state index in [4.69, 9.17) is 4.74 Å². The molecule has 0 radical (unpaired) electrons. The van der Waals surface area contributed by atoms with Gasteiger partial charge in [0, 0.05) is 19.2 Å². The number of rotatable bonds is 8. The largest absolute Gasteiger partial charge is 0.383 e. The van der Waals surface area contributed by atoms with Crippen LogP contribution in [-0.4, -0.2) is 25.8 Å². The van der Waals surface area contributed by atoms with Crippen LogP contribution in [0.5, 0.6) is 0 Å². The SMILES string of the molecule is CCCCC(C)NC(CC)COC. The van der Waals surface area contributed by atoms with Gasteiger partial charge in [-0.3, -0.25) is 0 Å². The van der Waals surface area contributed by atoms with E-state index in [1.54, 1.807) is 7.11 Å². The van der Waals surface area contributed by atoms with Crippen LogP contribution in [0.3, 0.4) is 0 Å². The molecule has 2 nitrogen and oxygen atoms in total. The van der Waals surface area contributed by atoms with Gasteiger partial charge in [-0.15, -0.1) is 0 Å². The molecule has 0 rings (SSSR count). The second-order valence-electron chi connectivity index (χ2n) is 3.77. The van der Waals surface area contributed by atoms with Gasteiger partial charge in [-0.1, -0.05) is 26.7 Å². The standard InChI is InChI=1S/C11H25NO/c1-5-7-8-10(3)12-11(6-2)9-13-4/h10-12H,5-9H2,1-4H3. The zero-order valence-electron chi connectivity index (χ0n) is 9.60. The molecule has 2 unspecified atom stereocenters. The van der Waals surface area contributed by atoms with Gasteiger partial charge in [-0.2, -0.15) is 0 Å². The molecule has 80 valence electrons. The summed E-state index contributed by atoms with van der Waals surface area (Å²) in [5, 5.41) is 3.58. The number of ether oxygens (including phenoxy) is 1. The molecule has 2 atom stereocenters. The van der Waals surface area contributed by atoms with Crippen LogP contribution in [-0.2, 0) is 4.74 Å². The van der Waals surface area contributed by atoms with E-state index in [2.05, 4.69) is 26.1 Å². The lowest BCUT2D eigenvalue weighted by Crippen LogP contribution is -2.38. The first-order valence-electron chi connectivity index (χ1n) is 5.49. The van der Waals surface area contributed by atoms with Crippen molar-refractivity contribution in [3.05, 3.63) is 0 Å².